The third kappa shape index (κ3) is 6.85. The molecule has 0 radical (unpaired) electrons. The number of amides is 1. The van der Waals surface area contributed by atoms with E-state index in [2.05, 4.69) is 19.2 Å². The number of carbonyl (C=O) groups excluding carboxylic acids is 1. The average Bonchev–Trinajstić information content (AvgIpc) is 2.57. The van der Waals surface area contributed by atoms with Crippen LogP contribution in [0.3, 0.4) is 0 Å². The fourth-order valence-electron chi connectivity index (χ4n) is 1.96. The van der Waals surface area contributed by atoms with Crippen molar-refractivity contribution < 1.29 is 14.3 Å². The molecule has 0 unspecified atom stereocenters. The van der Waals surface area contributed by atoms with E-state index in [9.17, 15) is 4.79 Å². The van der Waals surface area contributed by atoms with Gasteiger partial charge in [-0.05, 0) is 54.8 Å². The summed E-state index contributed by atoms with van der Waals surface area (Å²) in [6, 6.07) is 12.1. The van der Waals surface area contributed by atoms with Gasteiger partial charge in [-0.3, -0.25) is 4.79 Å². The second kappa shape index (κ2) is 9.54. The van der Waals surface area contributed by atoms with Crippen LogP contribution in [0.4, 0.5) is 5.69 Å². The molecule has 0 aliphatic rings. The van der Waals surface area contributed by atoms with Crippen LogP contribution in [0.5, 0.6) is 11.5 Å². The van der Waals surface area contributed by atoms with E-state index in [0.29, 0.717) is 34.0 Å². The molecule has 2 aromatic carbocycles. The molecule has 0 spiro atoms. The van der Waals surface area contributed by atoms with Gasteiger partial charge < -0.3 is 14.8 Å². The van der Waals surface area contributed by atoms with Gasteiger partial charge in [-0.1, -0.05) is 37.0 Å². The van der Waals surface area contributed by atoms with E-state index in [-0.39, 0.29) is 12.5 Å². The van der Waals surface area contributed by atoms with E-state index >= 15 is 0 Å². The van der Waals surface area contributed by atoms with E-state index in [0.717, 1.165) is 12.2 Å². The number of hydrogen-bond donors (Lipinski definition) is 1. The Balaban J connectivity index is 1.78. The zero-order valence-corrected chi connectivity index (χ0v) is 15.7. The van der Waals surface area contributed by atoms with Gasteiger partial charge in [-0.15, -0.1) is 0 Å². The number of carbonyl (C=O) groups is 1. The number of ether oxygens (including phenoxy) is 2. The molecule has 4 nitrogen and oxygen atoms in total. The summed E-state index contributed by atoms with van der Waals surface area (Å²) in [7, 11) is 0. The van der Waals surface area contributed by atoms with Gasteiger partial charge in [0.25, 0.3) is 5.91 Å². The van der Waals surface area contributed by atoms with E-state index < -0.39 is 0 Å². The summed E-state index contributed by atoms with van der Waals surface area (Å²) in [6.45, 7) is 4.89. The third-order valence-electron chi connectivity index (χ3n) is 3.36. The lowest BCUT2D eigenvalue weighted by Crippen LogP contribution is -2.20. The van der Waals surface area contributed by atoms with Gasteiger partial charge in [0, 0.05) is 5.69 Å². The van der Waals surface area contributed by atoms with Crippen LogP contribution in [0.1, 0.15) is 20.3 Å². The zero-order chi connectivity index (χ0) is 18.2. The monoisotopic (exact) mass is 381 g/mol. The van der Waals surface area contributed by atoms with Crippen LogP contribution in [-0.4, -0.2) is 19.1 Å². The second-order valence-corrected chi connectivity index (χ2v) is 6.78. The van der Waals surface area contributed by atoms with Crippen molar-refractivity contribution in [3.8, 4) is 11.5 Å². The Morgan fingerprint density at radius 2 is 1.64 bits per heavy atom. The lowest BCUT2D eigenvalue weighted by atomic mass is 10.1. The Bertz CT molecular complexity index is 702. The first kappa shape index (κ1) is 19.4. The van der Waals surface area contributed by atoms with E-state index in [4.69, 9.17) is 32.7 Å². The molecule has 2 rings (SSSR count). The molecule has 134 valence electrons. The largest absolute Gasteiger partial charge is 0.494 e. The van der Waals surface area contributed by atoms with Crippen LogP contribution in [-0.2, 0) is 4.79 Å². The SMILES string of the molecule is CC(C)CCOc1ccc(OCC(=O)Nc2ccc(Cl)c(Cl)c2)cc1. The summed E-state index contributed by atoms with van der Waals surface area (Å²) in [5, 5.41) is 3.52. The van der Waals surface area contributed by atoms with Crippen LogP contribution >= 0.6 is 23.2 Å². The van der Waals surface area contributed by atoms with E-state index in [1.54, 1.807) is 30.3 Å². The minimum absolute atomic E-state index is 0.103. The minimum atomic E-state index is -0.282. The second-order valence-electron chi connectivity index (χ2n) is 5.97. The molecule has 0 heterocycles. The molecule has 1 amide bonds. The fourth-order valence-corrected chi connectivity index (χ4v) is 2.26. The molecule has 2 aromatic rings. The van der Waals surface area contributed by atoms with Crippen molar-refractivity contribution in [2.45, 2.75) is 20.3 Å². The molecule has 0 aliphatic carbocycles. The van der Waals surface area contributed by atoms with Gasteiger partial charge in [0.1, 0.15) is 11.5 Å². The summed E-state index contributed by atoms with van der Waals surface area (Å²) in [4.78, 5) is 11.9. The Morgan fingerprint density at radius 3 is 2.24 bits per heavy atom. The van der Waals surface area contributed by atoms with E-state index in [1.165, 1.54) is 0 Å². The number of halogens is 2. The Hall–Kier alpha value is -1.91. The fraction of sp³-hybridized carbons (Fsp3) is 0.316. The normalized spacial score (nSPS) is 10.6. The number of rotatable bonds is 8. The van der Waals surface area contributed by atoms with Gasteiger partial charge in [0.05, 0.1) is 16.7 Å². The standard InChI is InChI=1S/C19H21Cl2NO3/c1-13(2)9-10-24-15-4-6-16(7-5-15)25-12-19(23)22-14-3-8-17(20)18(21)11-14/h3-8,11,13H,9-10,12H2,1-2H3,(H,22,23). The van der Waals surface area contributed by atoms with Crippen molar-refractivity contribution >= 4 is 34.8 Å². The van der Waals surface area contributed by atoms with Gasteiger partial charge in [0.15, 0.2) is 6.61 Å². The highest BCUT2D eigenvalue weighted by atomic mass is 35.5. The summed E-state index contributed by atoms with van der Waals surface area (Å²) >= 11 is 11.8. The van der Waals surface area contributed by atoms with Crippen molar-refractivity contribution in [1.82, 2.24) is 0 Å². The molecular weight excluding hydrogens is 361 g/mol. The van der Waals surface area contributed by atoms with Crippen molar-refractivity contribution in [3.05, 3.63) is 52.5 Å². The molecule has 25 heavy (non-hydrogen) atoms. The van der Waals surface area contributed by atoms with Crippen LogP contribution in [0.15, 0.2) is 42.5 Å². The number of nitrogens with one attached hydrogen (secondary N) is 1. The maximum absolute atomic E-state index is 11.9. The molecule has 0 aliphatic heterocycles. The van der Waals surface area contributed by atoms with Gasteiger partial charge in [-0.25, -0.2) is 0 Å². The maximum Gasteiger partial charge on any atom is 0.262 e. The quantitative estimate of drug-likeness (QED) is 0.662. The third-order valence-corrected chi connectivity index (χ3v) is 4.10. The van der Waals surface area contributed by atoms with Gasteiger partial charge in [0.2, 0.25) is 0 Å². The van der Waals surface area contributed by atoms with Crippen LogP contribution in [0, 0.1) is 5.92 Å². The summed E-state index contributed by atoms with van der Waals surface area (Å²) in [5.74, 6) is 1.71. The smallest absolute Gasteiger partial charge is 0.262 e. The minimum Gasteiger partial charge on any atom is -0.494 e. The van der Waals surface area contributed by atoms with Crippen molar-refractivity contribution in [3.63, 3.8) is 0 Å². The number of benzene rings is 2. The number of hydrogen-bond acceptors (Lipinski definition) is 3. The predicted molar refractivity (Wildman–Crippen MR) is 102 cm³/mol. The Morgan fingerprint density at radius 1 is 1.00 bits per heavy atom. The van der Waals surface area contributed by atoms with Crippen LogP contribution in [0.25, 0.3) is 0 Å². The number of anilines is 1. The van der Waals surface area contributed by atoms with Gasteiger partial charge >= 0.3 is 0 Å². The van der Waals surface area contributed by atoms with Gasteiger partial charge in [-0.2, -0.15) is 0 Å². The van der Waals surface area contributed by atoms with Crippen molar-refractivity contribution in [1.29, 1.82) is 0 Å². The van der Waals surface area contributed by atoms with Crippen LogP contribution < -0.4 is 14.8 Å². The first-order valence-electron chi connectivity index (χ1n) is 8.04. The molecule has 0 fully saturated rings. The van der Waals surface area contributed by atoms with Crippen LogP contribution in [0.2, 0.25) is 10.0 Å². The Kier molecular flexibility index (Phi) is 7.41. The zero-order valence-electron chi connectivity index (χ0n) is 14.2. The highest BCUT2D eigenvalue weighted by molar-refractivity contribution is 6.42. The first-order valence-corrected chi connectivity index (χ1v) is 8.80. The molecule has 1 N–H and O–H groups in total. The predicted octanol–water partition coefficient (Wildman–Crippen LogP) is 5.44. The lowest BCUT2D eigenvalue weighted by Gasteiger charge is -2.10. The summed E-state index contributed by atoms with van der Waals surface area (Å²) in [5.41, 5.74) is 0.567. The lowest BCUT2D eigenvalue weighted by molar-refractivity contribution is -0.118. The van der Waals surface area contributed by atoms with E-state index in [1.807, 2.05) is 12.1 Å². The molecule has 6 heteroatoms. The molecule has 0 saturated carbocycles. The summed E-state index contributed by atoms with van der Waals surface area (Å²) in [6.07, 6.45) is 1.01. The molecule has 0 bridgehead atoms. The molecule has 0 atom stereocenters. The highest BCUT2D eigenvalue weighted by Gasteiger charge is 2.06. The molecule has 0 aromatic heterocycles. The van der Waals surface area contributed by atoms with Crippen molar-refractivity contribution in [2.24, 2.45) is 5.92 Å². The first-order chi connectivity index (χ1) is 11.9. The maximum atomic E-state index is 11.9. The topological polar surface area (TPSA) is 47.6 Å². The highest BCUT2D eigenvalue weighted by Crippen LogP contribution is 2.25. The average molecular weight is 382 g/mol. The van der Waals surface area contributed by atoms with Crippen molar-refractivity contribution in [2.75, 3.05) is 18.5 Å². The Labute approximate surface area is 158 Å². The summed E-state index contributed by atoms with van der Waals surface area (Å²) < 4.78 is 11.1. The molecular formula is C19H21Cl2NO3. The molecule has 0 saturated heterocycles.